The second-order valence-corrected chi connectivity index (χ2v) is 5.11. The highest BCUT2D eigenvalue weighted by molar-refractivity contribution is 5.48. The molecule has 1 aliphatic rings. The van der Waals surface area contributed by atoms with Gasteiger partial charge in [0, 0.05) is 6.54 Å². The Kier molecular flexibility index (Phi) is 5.15. The van der Waals surface area contributed by atoms with Crippen molar-refractivity contribution in [2.75, 3.05) is 11.9 Å². The fourth-order valence-corrected chi connectivity index (χ4v) is 2.35. The van der Waals surface area contributed by atoms with E-state index in [1.807, 2.05) is 6.92 Å². The Bertz CT molecular complexity index is 459. The maximum atomic E-state index is 11.0. The molecule has 6 heteroatoms. The monoisotopic (exact) mass is 279 g/mol. The molecule has 0 spiro atoms. The lowest BCUT2D eigenvalue weighted by atomic mass is 9.98. The first-order valence-electron chi connectivity index (χ1n) is 7.26. The van der Waals surface area contributed by atoms with Gasteiger partial charge in [-0.2, -0.15) is 4.98 Å². The lowest BCUT2D eigenvalue weighted by molar-refractivity contribution is -0.384. The SMILES string of the molecule is CCCNc1cc([N+](=O)[O-])cc(OC2CCCCC2)n1. The fraction of sp³-hybridized carbons (Fsp3) is 0.643. The molecule has 0 radical (unpaired) electrons. The van der Waals surface area contributed by atoms with Gasteiger partial charge in [-0.15, -0.1) is 0 Å². The molecule has 1 aromatic rings. The van der Waals surface area contributed by atoms with E-state index in [1.165, 1.54) is 18.6 Å². The van der Waals surface area contributed by atoms with Gasteiger partial charge in [0.2, 0.25) is 5.88 Å². The Balaban J connectivity index is 2.12. The van der Waals surface area contributed by atoms with Crippen LogP contribution in [0.5, 0.6) is 5.88 Å². The summed E-state index contributed by atoms with van der Waals surface area (Å²) in [6.45, 7) is 2.76. The highest BCUT2D eigenvalue weighted by atomic mass is 16.6. The summed E-state index contributed by atoms with van der Waals surface area (Å²) < 4.78 is 5.81. The molecule has 20 heavy (non-hydrogen) atoms. The van der Waals surface area contributed by atoms with E-state index < -0.39 is 4.92 Å². The topological polar surface area (TPSA) is 77.3 Å². The molecule has 0 aromatic carbocycles. The first-order chi connectivity index (χ1) is 9.69. The minimum atomic E-state index is -0.410. The minimum Gasteiger partial charge on any atom is -0.474 e. The van der Waals surface area contributed by atoms with E-state index in [-0.39, 0.29) is 11.8 Å². The van der Waals surface area contributed by atoms with Crippen molar-refractivity contribution in [1.82, 2.24) is 4.98 Å². The standard InChI is InChI=1S/C14H21N3O3/c1-2-8-15-13-9-11(17(18)19)10-14(16-13)20-12-6-4-3-5-7-12/h9-10,12H,2-8H2,1H3,(H,15,16). The molecule has 1 aliphatic carbocycles. The molecule has 1 saturated carbocycles. The molecule has 1 fully saturated rings. The summed E-state index contributed by atoms with van der Waals surface area (Å²) in [5, 5.41) is 14.0. The van der Waals surface area contributed by atoms with E-state index in [9.17, 15) is 10.1 Å². The Morgan fingerprint density at radius 2 is 2.15 bits per heavy atom. The Morgan fingerprint density at radius 1 is 1.40 bits per heavy atom. The molecule has 0 saturated heterocycles. The Morgan fingerprint density at radius 3 is 2.80 bits per heavy atom. The van der Waals surface area contributed by atoms with Crippen LogP contribution < -0.4 is 10.1 Å². The molecule has 1 heterocycles. The molecule has 1 aromatic heterocycles. The predicted molar refractivity (Wildman–Crippen MR) is 77.2 cm³/mol. The van der Waals surface area contributed by atoms with E-state index in [2.05, 4.69) is 10.3 Å². The second-order valence-electron chi connectivity index (χ2n) is 5.11. The van der Waals surface area contributed by atoms with Crippen molar-refractivity contribution in [3.05, 3.63) is 22.2 Å². The third kappa shape index (κ3) is 4.08. The van der Waals surface area contributed by atoms with Gasteiger partial charge >= 0.3 is 0 Å². The van der Waals surface area contributed by atoms with Gasteiger partial charge in [0.15, 0.2) is 0 Å². The maximum Gasteiger partial charge on any atom is 0.278 e. The average Bonchev–Trinajstić information content (AvgIpc) is 2.46. The summed E-state index contributed by atoms with van der Waals surface area (Å²) in [6.07, 6.45) is 6.62. The van der Waals surface area contributed by atoms with Crippen LogP contribution in [0.1, 0.15) is 45.4 Å². The van der Waals surface area contributed by atoms with Crippen molar-refractivity contribution < 1.29 is 9.66 Å². The van der Waals surface area contributed by atoms with E-state index in [4.69, 9.17) is 4.74 Å². The van der Waals surface area contributed by atoms with E-state index in [0.717, 1.165) is 38.6 Å². The number of nitrogens with zero attached hydrogens (tertiary/aromatic N) is 2. The van der Waals surface area contributed by atoms with Gasteiger partial charge < -0.3 is 10.1 Å². The number of anilines is 1. The van der Waals surface area contributed by atoms with Crippen LogP contribution >= 0.6 is 0 Å². The molecular weight excluding hydrogens is 258 g/mol. The van der Waals surface area contributed by atoms with Crippen LogP contribution in [0.25, 0.3) is 0 Å². The van der Waals surface area contributed by atoms with Crippen LogP contribution in [0.15, 0.2) is 12.1 Å². The van der Waals surface area contributed by atoms with Crippen LogP contribution in [0, 0.1) is 10.1 Å². The summed E-state index contributed by atoms with van der Waals surface area (Å²) in [7, 11) is 0. The van der Waals surface area contributed by atoms with Crippen molar-refractivity contribution in [2.24, 2.45) is 0 Å². The van der Waals surface area contributed by atoms with E-state index in [0.29, 0.717) is 11.7 Å². The van der Waals surface area contributed by atoms with Crippen molar-refractivity contribution >= 4 is 11.5 Å². The average molecular weight is 279 g/mol. The number of aromatic nitrogens is 1. The fourth-order valence-electron chi connectivity index (χ4n) is 2.35. The summed E-state index contributed by atoms with van der Waals surface area (Å²) in [6, 6.07) is 2.86. The third-order valence-corrected chi connectivity index (χ3v) is 3.39. The first kappa shape index (κ1) is 14.6. The number of ether oxygens (including phenoxy) is 1. The van der Waals surface area contributed by atoms with Gasteiger partial charge in [0.05, 0.1) is 17.1 Å². The largest absolute Gasteiger partial charge is 0.474 e. The molecule has 0 aliphatic heterocycles. The number of nitrogens with one attached hydrogen (secondary N) is 1. The van der Waals surface area contributed by atoms with Gasteiger partial charge in [0.25, 0.3) is 5.69 Å². The molecule has 0 unspecified atom stereocenters. The number of hydrogen-bond donors (Lipinski definition) is 1. The molecule has 0 bridgehead atoms. The smallest absolute Gasteiger partial charge is 0.278 e. The van der Waals surface area contributed by atoms with Crippen LogP contribution in [-0.4, -0.2) is 22.6 Å². The number of hydrogen-bond acceptors (Lipinski definition) is 5. The highest BCUT2D eigenvalue weighted by Crippen LogP contribution is 2.26. The van der Waals surface area contributed by atoms with Crippen molar-refractivity contribution in [2.45, 2.75) is 51.6 Å². The predicted octanol–water partition coefficient (Wildman–Crippen LogP) is 3.52. The number of rotatable bonds is 6. The molecule has 0 amide bonds. The second kappa shape index (κ2) is 7.07. The normalized spacial score (nSPS) is 15.8. The van der Waals surface area contributed by atoms with Crippen molar-refractivity contribution in [3.63, 3.8) is 0 Å². The summed E-state index contributed by atoms with van der Waals surface area (Å²) in [5.74, 6) is 0.858. The number of nitro groups is 1. The molecule has 110 valence electrons. The minimum absolute atomic E-state index is 0.0180. The van der Waals surface area contributed by atoms with E-state index in [1.54, 1.807) is 0 Å². The van der Waals surface area contributed by atoms with Gasteiger partial charge in [-0.3, -0.25) is 10.1 Å². The van der Waals surface area contributed by atoms with Gasteiger partial charge in [0.1, 0.15) is 11.9 Å². The van der Waals surface area contributed by atoms with Gasteiger partial charge in [-0.25, -0.2) is 0 Å². The van der Waals surface area contributed by atoms with Crippen molar-refractivity contribution in [1.29, 1.82) is 0 Å². The summed E-state index contributed by atoms with van der Waals surface area (Å²) in [4.78, 5) is 14.9. The van der Waals surface area contributed by atoms with Crippen LogP contribution in [0.4, 0.5) is 11.5 Å². The zero-order valence-corrected chi connectivity index (χ0v) is 11.8. The van der Waals surface area contributed by atoms with E-state index >= 15 is 0 Å². The van der Waals surface area contributed by atoms with Crippen molar-refractivity contribution in [3.8, 4) is 5.88 Å². The summed E-state index contributed by atoms with van der Waals surface area (Å²) in [5.41, 5.74) is 0.0180. The van der Waals surface area contributed by atoms with Crippen LogP contribution in [0.3, 0.4) is 0 Å². The van der Waals surface area contributed by atoms with Gasteiger partial charge in [-0.1, -0.05) is 13.3 Å². The molecule has 0 atom stereocenters. The molecule has 2 rings (SSSR count). The highest BCUT2D eigenvalue weighted by Gasteiger charge is 2.18. The Labute approximate surface area is 118 Å². The third-order valence-electron chi connectivity index (χ3n) is 3.39. The molecular formula is C14H21N3O3. The van der Waals surface area contributed by atoms with Crippen LogP contribution in [0.2, 0.25) is 0 Å². The Hall–Kier alpha value is -1.85. The lowest BCUT2D eigenvalue weighted by Gasteiger charge is -2.22. The lowest BCUT2D eigenvalue weighted by Crippen LogP contribution is -2.20. The number of pyridine rings is 1. The molecule has 6 nitrogen and oxygen atoms in total. The maximum absolute atomic E-state index is 11.0. The molecule has 1 N–H and O–H groups in total. The quantitative estimate of drug-likeness (QED) is 0.636. The zero-order valence-electron chi connectivity index (χ0n) is 11.8. The zero-order chi connectivity index (χ0) is 14.4. The summed E-state index contributed by atoms with van der Waals surface area (Å²) >= 11 is 0. The first-order valence-corrected chi connectivity index (χ1v) is 7.26. The van der Waals surface area contributed by atoms with Crippen LogP contribution in [-0.2, 0) is 0 Å². The van der Waals surface area contributed by atoms with Gasteiger partial charge in [-0.05, 0) is 32.1 Å².